The molecule has 6 aromatic carbocycles. The van der Waals surface area contributed by atoms with Crippen LogP contribution in [-0.2, 0) is 64.8 Å². The number of ether oxygens (including phenoxy) is 8. The Hall–Kier alpha value is -2.77. The first-order valence-corrected chi connectivity index (χ1v) is 39.4. The van der Waals surface area contributed by atoms with Gasteiger partial charge >= 0.3 is 151 Å². The molecule has 4 unspecified atom stereocenters. The first-order valence-electron chi connectivity index (χ1n) is 32.7. The molecule has 0 aromatic heterocycles. The maximum Gasteiger partial charge on any atom is 1.00 e. The van der Waals surface area contributed by atoms with E-state index in [2.05, 4.69) is 118 Å². The second-order valence-electron chi connectivity index (χ2n) is 25.7. The first kappa shape index (κ1) is 134. The van der Waals surface area contributed by atoms with Gasteiger partial charge in [-0.3, -0.25) is 9.59 Å². The molecule has 119 heavy (non-hydrogen) atoms. The zero-order valence-corrected chi connectivity index (χ0v) is 82.8. The number of hydrogen-bond acceptors (Lipinski definition) is 20. The number of aromatic hydroxyl groups is 2. The van der Waals surface area contributed by atoms with Crippen molar-refractivity contribution in [2.45, 2.75) is 180 Å². The predicted molar refractivity (Wildman–Crippen MR) is 479 cm³/mol. The average Bonchev–Trinajstić information content (AvgIpc) is 1.62. The summed E-state index contributed by atoms with van der Waals surface area (Å²) in [5.74, 6) is -0.544. The summed E-state index contributed by atoms with van der Waals surface area (Å²) in [4.78, 5) is 76.3. The van der Waals surface area contributed by atoms with Crippen LogP contribution in [0.5, 0.6) is 34.5 Å². The summed E-state index contributed by atoms with van der Waals surface area (Å²) in [5, 5.41) is 47.5. The van der Waals surface area contributed by atoms with Gasteiger partial charge in [-0.2, -0.15) is 0 Å². The molecule has 4 N–H and O–H groups in total. The van der Waals surface area contributed by atoms with Gasteiger partial charge < -0.3 is 71.3 Å². The second-order valence-corrected chi connectivity index (χ2v) is 31.8. The molecule has 22 nitrogen and oxygen atoms in total. The van der Waals surface area contributed by atoms with E-state index in [0.717, 1.165) is 49.5 Å². The van der Waals surface area contributed by atoms with Crippen LogP contribution in [0.2, 0.25) is 30.1 Å². The fourth-order valence-electron chi connectivity index (χ4n) is 9.43. The Bertz CT molecular complexity index is 4300. The van der Waals surface area contributed by atoms with Crippen LogP contribution in [0.15, 0.2) is 120 Å². The number of benzene rings is 6. The minimum atomic E-state index is -1.67. The first-order chi connectivity index (χ1) is 51.6. The van der Waals surface area contributed by atoms with Gasteiger partial charge in [0.1, 0.15) is 87.2 Å². The zero-order chi connectivity index (χ0) is 85.9. The van der Waals surface area contributed by atoms with E-state index >= 15 is 0 Å². The van der Waals surface area contributed by atoms with Gasteiger partial charge in [-0.05, 0) is 146 Å². The van der Waals surface area contributed by atoms with Crippen molar-refractivity contribution >= 4 is 188 Å². The number of rotatable bonds is 13. The SMILES string of the molecule is C.C.C.C.C=C(C)C(C)c1cc(Cl)cc(C(=O)OC)c1O.CC(C)=CCBr.CC1Oc2c(C(=O)O)cc(Cl)cc2C1(C)C.CC1Oc2c(CCl)cc(Cl)cc2C1(C)C.COC(=O)c1cc(Cl)cc2c1OC(C)C2(C)C.COC(=O)c1cc(Cl)ccc1O.COC(=O)c1cc(Cl)ccc1OCC=C(C)C.O=CO.O=CO[O-].O=S(Cl)Cl.[AlH3].[H-].[H-].[K+].[K+].[Li+]. The molecule has 0 radical (unpaired) electrons. The smallest absolute Gasteiger partial charge is 1.00 e. The number of allylic oxidation sites excluding steroid dienone is 4. The number of methoxy groups -OCH3 is 4. The molecule has 0 bridgehead atoms. The zero-order valence-electron chi connectivity index (χ0n) is 69.4. The van der Waals surface area contributed by atoms with Gasteiger partial charge in [0.2, 0.25) is 9.23 Å². The van der Waals surface area contributed by atoms with Gasteiger partial charge in [-0.25, -0.2) is 28.2 Å². The standard InChI is InChI=1S/3C13H15ClO3.C12H14Cl2O.C12H13ClO3.C8H7ClO3.C5H9Br.CH2O3.CH2O2.4CH4.Al.Cl2OS.2K.Li.5H/c1-7-13(2,3)10-6-8(14)5-9(11(10)17-7)12(15)16-4;1-7(2)8(3)10-5-9(14)6-11(12(10)15)13(16)17-4;1-9(2)6-7-17-12-5-4-10(14)8-11(12)13(15)16-3;1-7-12(2,3)10-5-9(14)4-8(6-13)11(10)15-7;1-6-12(2,3)9-5-7(13)4-8(11(14)15)10(9)16-6;1-12-8(11)6-4-5(9)2-3-7(6)10;1-5(2)3-4-6;2-1-4-3;2-1-3;;;;;;1-4(2)3;;;;;;;;/h5-7H,1-4H3;5-6,8,15H,1H2,2-4H3;4-6,8H,7H2,1-3H3;4-5,7H,6H2,1-3H3;4-6H,1-3H3,(H,14,15);2-4,10H,1H3;3H,4H2,1-2H3;1,3H;1H,(H,2,3);4*1H4;;;;;;;;;;/q;;;;;;;;;;;;;;;3*+1;;;;2*-1/p-1. The molecular weight excluding hydrogens is 1880 g/mol. The van der Waals surface area contributed by atoms with Crippen LogP contribution < -0.4 is 146 Å². The van der Waals surface area contributed by atoms with Crippen molar-refractivity contribution in [3.8, 4) is 34.5 Å². The van der Waals surface area contributed by atoms with E-state index in [1.165, 1.54) is 70.4 Å². The monoisotopic (exact) mass is 1990 g/mol. The third kappa shape index (κ3) is 44.0. The molecule has 0 saturated heterocycles. The summed E-state index contributed by atoms with van der Waals surface area (Å²) in [7, 11) is 12.5. The van der Waals surface area contributed by atoms with Crippen molar-refractivity contribution in [2.75, 3.05) is 40.4 Å². The van der Waals surface area contributed by atoms with Crippen molar-refractivity contribution in [1.82, 2.24) is 0 Å². The summed E-state index contributed by atoms with van der Waals surface area (Å²) in [6.45, 7) is 34.2. The van der Waals surface area contributed by atoms with Crippen LogP contribution in [0.4, 0.5) is 0 Å². The number of phenolic OH excluding ortho intramolecular Hbond substituents is 2. The van der Waals surface area contributed by atoms with Crippen LogP contribution >= 0.6 is 119 Å². The molecule has 0 aliphatic carbocycles. The number of carboxylic acid groups (broad SMARTS) is 2. The van der Waals surface area contributed by atoms with Gasteiger partial charge in [-0.1, -0.05) is 193 Å². The minimum Gasteiger partial charge on any atom is -1.00 e. The van der Waals surface area contributed by atoms with Crippen molar-refractivity contribution in [1.29, 1.82) is 0 Å². The molecule has 0 amide bonds. The average molecular weight is 1990 g/mol. The fourth-order valence-corrected chi connectivity index (χ4v) is 11.5. The van der Waals surface area contributed by atoms with Gasteiger partial charge in [0, 0.05) is 107 Å². The third-order valence-corrected chi connectivity index (χ3v) is 18.7. The van der Waals surface area contributed by atoms with Crippen molar-refractivity contribution in [2.24, 2.45) is 0 Å². The van der Waals surface area contributed by atoms with E-state index in [9.17, 15) is 34.2 Å². The number of carboxylic acids is 1. The Balaban J connectivity index is -0.000000126. The third-order valence-electron chi connectivity index (χ3n) is 16.7. The number of phenols is 2. The quantitative estimate of drug-likeness (QED) is 0.00960. The van der Waals surface area contributed by atoms with E-state index in [-0.39, 0.29) is 253 Å². The van der Waals surface area contributed by atoms with Gasteiger partial charge in [-0.15, -0.1) is 11.6 Å². The molecule has 3 aliphatic heterocycles. The van der Waals surface area contributed by atoms with Crippen molar-refractivity contribution in [3.63, 3.8) is 0 Å². The van der Waals surface area contributed by atoms with Crippen molar-refractivity contribution in [3.05, 3.63) is 206 Å². The molecule has 3 heterocycles. The number of carbonyl (C=O) groups is 7. The molecule has 37 heteroatoms. The summed E-state index contributed by atoms with van der Waals surface area (Å²) >= 11 is 44.5. The molecule has 0 saturated carbocycles. The molecule has 3 aliphatic rings. The second kappa shape index (κ2) is 66.6. The van der Waals surface area contributed by atoms with E-state index in [4.69, 9.17) is 134 Å². The molecule has 0 spiro atoms. The van der Waals surface area contributed by atoms with Crippen molar-refractivity contribution < 1.29 is 231 Å². The van der Waals surface area contributed by atoms with Gasteiger partial charge in [0.05, 0.1) is 34.3 Å². The number of esters is 4. The Morgan fingerprint density at radius 2 is 0.899 bits per heavy atom. The van der Waals surface area contributed by atoms with Gasteiger partial charge in [0.15, 0.2) is 17.4 Å². The molecular formula is C82H112AlBrCl9K2LiO22S. The van der Waals surface area contributed by atoms with Crippen LogP contribution in [0.3, 0.4) is 0 Å². The van der Waals surface area contributed by atoms with E-state index < -0.39 is 39.1 Å². The topological polar surface area (TPSA) is 324 Å². The summed E-state index contributed by atoms with van der Waals surface area (Å²) in [6.07, 6.45) is 4.15. The Kier molecular flexibility index (Phi) is 75.1. The number of alkyl halides is 2. The number of fused-ring (bicyclic) bond motifs is 3. The summed E-state index contributed by atoms with van der Waals surface area (Å²) < 4.78 is 50.2. The molecule has 654 valence electrons. The molecule has 9 rings (SSSR count). The van der Waals surface area contributed by atoms with E-state index in [0.29, 0.717) is 71.5 Å². The Morgan fingerprint density at radius 3 is 1.26 bits per heavy atom. The summed E-state index contributed by atoms with van der Waals surface area (Å²) in [6, 6.07) is 22.6. The molecule has 6 aromatic rings. The normalized spacial score (nSPS) is 13.7. The maximum atomic E-state index is 11.7. The number of halogens is 10. The van der Waals surface area contributed by atoms with E-state index in [1.54, 1.807) is 30.3 Å². The maximum absolute atomic E-state index is 11.7. The van der Waals surface area contributed by atoms with Crippen LogP contribution in [0, 0.1) is 0 Å². The van der Waals surface area contributed by atoms with E-state index in [1.807, 2.05) is 79.7 Å². The summed E-state index contributed by atoms with van der Waals surface area (Å²) in [5.41, 5.74) is 8.57. The number of carbonyl (C=O) groups excluding carboxylic acids is 5. The minimum absolute atomic E-state index is 0. The largest absolute Gasteiger partial charge is 1.00 e. The predicted octanol–water partition coefficient (Wildman–Crippen LogP) is 13.4. The Labute approximate surface area is 868 Å². The van der Waals surface area contributed by atoms with Crippen LogP contribution in [-0.4, -0.2) is 143 Å². The molecule has 4 atom stereocenters. The molecule has 0 fully saturated rings. The number of aromatic carboxylic acids is 1. The van der Waals surface area contributed by atoms with Crippen LogP contribution in [0.1, 0.15) is 222 Å². The Morgan fingerprint density at radius 1 is 0.580 bits per heavy atom. The fraction of sp³-hybridized carbons (Fsp3) is 0.402. The number of hydrogen-bond donors (Lipinski definition) is 4. The van der Waals surface area contributed by atoms with Crippen LogP contribution in [0.25, 0.3) is 0 Å². The van der Waals surface area contributed by atoms with Gasteiger partial charge in [0.25, 0.3) is 12.9 Å².